The number of carbonyl (C=O) groups is 3. The summed E-state index contributed by atoms with van der Waals surface area (Å²) in [5.74, 6) is -1.18. The highest BCUT2D eigenvalue weighted by Crippen LogP contribution is 2.43. The molecule has 0 aliphatic heterocycles. The molecule has 6 aromatic carbocycles. The monoisotopic (exact) mass is 825 g/mol. The number of amides is 2. The zero-order chi connectivity index (χ0) is 43.4. The Bertz CT molecular complexity index is 2330. The second-order valence-electron chi connectivity index (χ2n) is 15.9. The van der Waals surface area contributed by atoms with Gasteiger partial charge in [-0.1, -0.05) is 182 Å². The van der Waals surface area contributed by atoms with Gasteiger partial charge in [0.15, 0.2) is 0 Å². The summed E-state index contributed by atoms with van der Waals surface area (Å²) in [7, 11) is 0. The number of ketones is 1. The Labute approximate surface area is 362 Å². The number of carbonyl (C=O) groups excluding carboxylic acids is 3. The number of anilines is 2. The van der Waals surface area contributed by atoms with Crippen molar-refractivity contribution in [2.75, 3.05) is 23.8 Å². The average molecular weight is 826 g/mol. The van der Waals surface area contributed by atoms with Crippen LogP contribution in [0.5, 0.6) is 0 Å². The minimum Gasteiger partial charge on any atom is -0.449 e. The molecule has 1 heterocycles. The molecule has 10 nitrogen and oxygen atoms in total. The van der Waals surface area contributed by atoms with Crippen molar-refractivity contribution in [1.82, 2.24) is 15.1 Å². The number of ether oxygens (including phenoxy) is 2. The SMILES string of the molecule is CC(C)(C)NC(=O)OCCC(=O)C(=O)Nc1cnn(CCOC(c2ccccc2)(c2ccccc2)c2ccccc2)c1NC(c1ccccc1)(c1ccccc1)c1ccccc1. The van der Waals surface area contributed by atoms with E-state index < -0.39 is 34.5 Å². The van der Waals surface area contributed by atoms with E-state index in [2.05, 4.69) is 88.7 Å². The van der Waals surface area contributed by atoms with Gasteiger partial charge in [-0.05, 0) is 54.2 Å². The smallest absolute Gasteiger partial charge is 0.407 e. The van der Waals surface area contributed by atoms with Crippen molar-refractivity contribution in [3.8, 4) is 0 Å². The molecular weight excluding hydrogens is 775 g/mol. The summed E-state index contributed by atoms with van der Waals surface area (Å²) in [6.45, 7) is 5.62. The van der Waals surface area contributed by atoms with Crippen molar-refractivity contribution in [1.29, 1.82) is 0 Å². The fourth-order valence-corrected chi connectivity index (χ4v) is 7.67. The maximum Gasteiger partial charge on any atom is 0.407 e. The molecule has 0 aliphatic carbocycles. The van der Waals surface area contributed by atoms with Crippen molar-refractivity contribution < 1.29 is 23.9 Å². The molecule has 10 heteroatoms. The maximum absolute atomic E-state index is 13.7. The zero-order valence-corrected chi connectivity index (χ0v) is 35.2. The van der Waals surface area contributed by atoms with Gasteiger partial charge in [0.05, 0.1) is 25.8 Å². The Kier molecular flexibility index (Phi) is 13.4. The molecule has 1 aromatic heterocycles. The van der Waals surface area contributed by atoms with Crippen LogP contribution in [0.25, 0.3) is 0 Å². The Morgan fingerprint density at radius 1 is 0.565 bits per heavy atom. The highest BCUT2D eigenvalue weighted by atomic mass is 16.5. The molecule has 0 spiro atoms. The van der Waals surface area contributed by atoms with Gasteiger partial charge in [-0.3, -0.25) is 9.59 Å². The van der Waals surface area contributed by atoms with Gasteiger partial charge in [0.1, 0.15) is 29.3 Å². The van der Waals surface area contributed by atoms with E-state index in [9.17, 15) is 14.4 Å². The third kappa shape index (κ3) is 9.67. The van der Waals surface area contributed by atoms with Crippen molar-refractivity contribution in [2.45, 2.75) is 50.4 Å². The topological polar surface area (TPSA) is 124 Å². The Hall–Kier alpha value is -7.30. The van der Waals surface area contributed by atoms with Crippen LogP contribution in [-0.2, 0) is 36.7 Å². The average Bonchev–Trinajstić information content (AvgIpc) is 3.67. The summed E-state index contributed by atoms with van der Waals surface area (Å²) in [5.41, 5.74) is 3.42. The molecule has 3 N–H and O–H groups in total. The first-order valence-corrected chi connectivity index (χ1v) is 20.7. The van der Waals surface area contributed by atoms with Crippen molar-refractivity contribution in [2.24, 2.45) is 0 Å². The molecule has 0 bridgehead atoms. The van der Waals surface area contributed by atoms with Gasteiger partial charge >= 0.3 is 6.09 Å². The van der Waals surface area contributed by atoms with Gasteiger partial charge in [0, 0.05) is 5.54 Å². The van der Waals surface area contributed by atoms with Crippen molar-refractivity contribution >= 4 is 29.3 Å². The molecule has 62 heavy (non-hydrogen) atoms. The number of alkyl carbamates (subject to hydrolysis) is 1. The summed E-state index contributed by atoms with van der Waals surface area (Å²) in [6.07, 6.45) is 0.553. The summed E-state index contributed by atoms with van der Waals surface area (Å²) >= 11 is 0. The molecule has 0 saturated carbocycles. The van der Waals surface area contributed by atoms with Crippen LogP contribution >= 0.6 is 0 Å². The lowest BCUT2D eigenvalue weighted by molar-refractivity contribution is -0.135. The molecule has 0 atom stereocenters. The van der Waals surface area contributed by atoms with Gasteiger partial charge in [-0.25, -0.2) is 9.48 Å². The van der Waals surface area contributed by atoms with E-state index in [4.69, 9.17) is 14.6 Å². The number of aromatic nitrogens is 2. The Morgan fingerprint density at radius 3 is 1.37 bits per heavy atom. The van der Waals surface area contributed by atoms with Crippen LogP contribution in [0.2, 0.25) is 0 Å². The van der Waals surface area contributed by atoms with Crippen molar-refractivity contribution in [3.63, 3.8) is 0 Å². The molecule has 0 unspecified atom stereocenters. The first kappa shape index (κ1) is 42.8. The van der Waals surface area contributed by atoms with Crippen LogP contribution in [0.4, 0.5) is 16.3 Å². The molecule has 2 amide bonds. The second kappa shape index (κ2) is 19.4. The number of Topliss-reactive ketones (excluding diaryl/α,β-unsaturated/α-hetero) is 1. The summed E-state index contributed by atoms with van der Waals surface area (Å²) in [4.78, 5) is 39.2. The van der Waals surface area contributed by atoms with E-state index in [0.29, 0.717) is 5.82 Å². The summed E-state index contributed by atoms with van der Waals surface area (Å²) in [5, 5.41) is 14.2. The number of nitrogens with one attached hydrogen (secondary N) is 3. The van der Waals surface area contributed by atoms with Gasteiger partial charge in [-0.2, -0.15) is 5.10 Å². The lowest BCUT2D eigenvalue weighted by Crippen LogP contribution is -2.41. The second-order valence-corrected chi connectivity index (χ2v) is 15.9. The number of nitrogens with zero attached hydrogens (tertiary/aromatic N) is 2. The van der Waals surface area contributed by atoms with Crippen LogP contribution in [0.15, 0.2) is 188 Å². The molecule has 7 aromatic rings. The van der Waals surface area contributed by atoms with Gasteiger partial charge in [0.25, 0.3) is 5.91 Å². The number of rotatable bonds is 17. The first-order chi connectivity index (χ1) is 30.1. The fraction of sp³-hybridized carbons (Fsp3) is 0.192. The quantitative estimate of drug-likeness (QED) is 0.0617. The number of benzene rings is 6. The molecule has 0 fully saturated rings. The third-order valence-corrected chi connectivity index (χ3v) is 10.5. The zero-order valence-electron chi connectivity index (χ0n) is 35.2. The maximum atomic E-state index is 13.7. The molecule has 0 saturated heterocycles. The van der Waals surface area contributed by atoms with Crippen LogP contribution in [0.3, 0.4) is 0 Å². The lowest BCUT2D eigenvalue weighted by atomic mass is 9.77. The van der Waals surface area contributed by atoms with Crippen molar-refractivity contribution in [3.05, 3.63) is 222 Å². The highest BCUT2D eigenvalue weighted by Gasteiger charge is 2.40. The molecule has 0 radical (unpaired) electrons. The Balaban J connectivity index is 1.28. The number of hydrogen-bond donors (Lipinski definition) is 3. The summed E-state index contributed by atoms with van der Waals surface area (Å²) in [6, 6.07) is 60.6. The molecule has 0 aliphatic rings. The minimum absolute atomic E-state index is 0.185. The predicted molar refractivity (Wildman–Crippen MR) is 243 cm³/mol. The van der Waals surface area contributed by atoms with E-state index in [1.165, 1.54) is 6.20 Å². The Morgan fingerprint density at radius 2 is 0.968 bits per heavy atom. The third-order valence-electron chi connectivity index (χ3n) is 10.5. The van der Waals surface area contributed by atoms with Crippen LogP contribution < -0.4 is 16.0 Å². The molecule has 314 valence electrons. The standard InChI is InChI=1S/C52H51N5O5/c1-50(2,3)56-49(60)61-36-34-46(58)48(59)54-45-38-53-57(35-37-62-52(42-28-16-7-17-29-42,43-30-18-8-19-31-43)44-32-20-9-21-33-44)47(45)55-51(39-22-10-4-11-23-39,40-24-12-5-13-25-40)41-26-14-6-15-27-41/h4-33,38,55H,34-37H2,1-3H3,(H,54,59)(H,56,60). The normalized spacial score (nSPS) is 11.7. The molecule has 7 rings (SSSR count). The van der Waals surface area contributed by atoms with E-state index in [1.807, 2.05) is 130 Å². The first-order valence-electron chi connectivity index (χ1n) is 20.7. The fourth-order valence-electron chi connectivity index (χ4n) is 7.67. The van der Waals surface area contributed by atoms with Crippen LogP contribution in [-0.4, -0.2) is 46.3 Å². The number of hydrogen-bond acceptors (Lipinski definition) is 7. The van der Waals surface area contributed by atoms with E-state index in [-0.39, 0.29) is 31.9 Å². The van der Waals surface area contributed by atoms with Gasteiger partial charge < -0.3 is 25.4 Å². The van der Waals surface area contributed by atoms with E-state index in [0.717, 1.165) is 33.4 Å². The summed E-state index contributed by atoms with van der Waals surface area (Å²) < 4.78 is 14.1. The largest absolute Gasteiger partial charge is 0.449 e. The van der Waals surface area contributed by atoms with Gasteiger partial charge in [0.2, 0.25) is 5.78 Å². The lowest BCUT2D eigenvalue weighted by Gasteiger charge is -2.38. The van der Waals surface area contributed by atoms with E-state index in [1.54, 1.807) is 4.68 Å². The highest BCUT2D eigenvalue weighted by molar-refractivity contribution is 6.40. The minimum atomic E-state index is -1.01. The van der Waals surface area contributed by atoms with E-state index >= 15 is 0 Å². The predicted octanol–water partition coefficient (Wildman–Crippen LogP) is 9.72. The van der Waals surface area contributed by atoms with Crippen LogP contribution in [0, 0.1) is 0 Å². The molecular formula is C52H51N5O5. The van der Waals surface area contributed by atoms with Crippen LogP contribution in [0.1, 0.15) is 60.6 Å². The van der Waals surface area contributed by atoms with Gasteiger partial charge in [-0.15, -0.1) is 0 Å².